The Morgan fingerprint density at radius 3 is 2.43 bits per heavy atom. The fourth-order valence-corrected chi connectivity index (χ4v) is 2.61. The summed E-state index contributed by atoms with van der Waals surface area (Å²) in [5.41, 5.74) is 0.566. The number of rotatable bonds is 5. The van der Waals surface area contributed by atoms with Crippen molar-refractivity contribution in [3.63, 3.8) is 0 Å². The van der Waals surface area contributed by atoms with Gasteiger partial charge in [0.05, 0.1) is 22.2 Å². The van der Waals surface area contributed by atoms with Crippen LogP contribution in [0.5, 0.6) is 0 Å². The van der Waals surface area contributed by atoms with Crippen molar-refractivity contribution in [2.24, 2.45) is 0 Å². The Bertz CT molecular complexity index is 823. The lowest BCUT2D eigenvalue weighted by molar-refractivity contribution is -0.114. The van der Waals surface area contributed by atoms with Gasteiger partial charge in [-0.3, -0.25) is 4.79 Å². The van der Waals surface area contributed by atoms with E-state index in [0.717, 1.165) is 6.26 Å². The first-order valence-corrected chi connectivity index (χ1v) is 8.82. The van der Waals surface area contributed by atoms with Gasteiger partial charge in [-0.1, -0.05) is 17.7 Å². The van der Waals surface area contributed by atoms with Crippen LogP contribution in [0.1, 0.15) is 0 Å². The zero-order valence-electron chi connectivity index (χ0n) is 12.1. The Balaban J connectivity index is 1.96. The molecule has 0 aromatic heterocycles. The van der Waals surface area contributed by atoms with Crippen LogP contribution in [0.4, 0.5) is 15.8 Å². The van der Waals surface area contributed by atoms with Gasteiger partial charge in [-0.05, 0) is 36.4 Å². The molecule has 2 aromatic rings. The van der Waals surface area contributed by atoms with E-state index >= 15 is 0 Å². The van der Waals surface area contributed by atoms with Crippen molar-refractivity contribution in [1.82, 2.24) is 0 Å². The highest BCUT2D eigenvalue weighted by Crippen LogP contribution is 2.21. The molecular formula is C15H14ClFN2O3S. The van der Waals surface area contributed by atoms with Gasteiger partial charge in [0.25, 0.3) is 0 Å². The fraction of sp³-hybridized carbons (Fsp3) is 0.133. The SMILES string of the molecule is CS(=O)(=O)c1ccc(NC(=O)CNc2cccc(Cl)c2F)cc1. The smallest absolute Gasteiger partial charge is 0.243 e. The molecule has 0 radical (unpaired) electrons. The molecule has 122 valence electrons. The lowest BCUT2D eigenvalue weighted by Crippen LogP contribution is -2.22. The van der Waals surface area contributed by atoms with Crippen molar-refractivity contribution in [3.8, 4) is 0 Å². The standard InChI is InChI=1S/C15H14ClFN2O3S/c1-23(21,22)11-7-5-10(6-8-11)19-14(20)9-18-13-4-2-3-12(16)15(13)17/h2-8,18H,9H2,1H3,(H,19,20). The van der Waals surface area contributed by atoms with Crippen LogP contribution in [-0.4, -0.2) is 27.1 Å². The average Bonchev–Trinajstić information content (AvgIpc) is 2.48. The van der Waals surface area contributed by atoms with Gasteiger partial charge < -0.3 is 10.6 Å². The molecule has 8 heteroatoms. The van der Waals surface area contributed by atoms with Crippen LogP contribution in [0.15, 0.2) is 47.4 Å². The molecule has 0 aliphatic heterocycles. The monoisotopic (exact) mass is 356 g/mol. The molecule has 0 saturated heterocycles. The highest BCUT2D eigenvalue weighted by atomic mass is 35.5. The van der Waals surface area contributed by atoms with Crippen molar-refractivity contribution in [2.45, 2.75) is 4.90 Å². The van der Waals surface area contributed by atoms with Gasteiger partial charge in [0.15, 0.2) is 15.7 Å². The second kappa shape index (κ2) is 6.97. The number of carbonyl (C=O) groups is 1. The number of hydrogen-bond donors (Lipinski definition) is 2. The van der Waals surface area contributed by atoms with Crippen molar-refractivity contribution in [3.05, 3.63) is 53.3 Å². The molecule has 0 saturated carbocycles. The minimum absolute atomic E-state index is 0.0354. The summed E-state index contributed by atoms with van der Waals surface area (Å²) < 4.78 is 36.3. The Labute approximate surface area is 138 Å². The number of nitrogens with one attached hydrogen (secondary N) is 2. The zero-order valence-corrected chi connectivity index (χ0v) is 13.7. The molecule has 0 atom stereocenters. The number of benzene rings is 2. The highest BCUT2D eigenvalue weighted by Gasteiger charge is 2.09. The average molecular weight is 357 g/mol. The molecule has 0 aliphatic rings. The van der Waals surface area contributed by atoms with E-state index in [1.807, 2.05) is 0 Å². The van der Waals surface area contributed by atoms with E-state index in [0.29, 0.717) is 5.69 Å². The van der Waals surface area contributed by atoms with Gasteiger partial charge in [-0.25, -0.2) is 12.8 Å². The maximum atomic E-state index is 13.7. The topological polar surface area (TPSA) is 75.3 Å². The van der Waals surface area contributed by atoms with Crippen LogP contribution in [0, 0.1) is 5.82 Å². The summed E-state index contributed by atoms with van der Waals surface area (Å²) in [4.78, 5) is 12.0. The number of amides is 1. The summed E-state index contributed by atoms with van der Waals surface area (Å²) in [7, 11) is -3.28. The predicted octanol–water partition coefficient (Wildman–Crippen LogP) is 2.93. The van der Waals surface area contributed by atoms with Crippen LogP contribution in [0.2, 0.25) is 5.02 Å². The van der Waals surface area contributed by atoms with Gasteiger partial charge in [-0.15, -0.1) is 0 Å². The molecule has 5 nitrogen and oxygen atoms in total. The molecule has 0 bridgehead atoms. The summed E-state index contributed by atoms with van der Waals surface area (Å²) in [6.07, 6.45) is 1.10. The van der Waals surface area contributed by atoms with Gasteiger partial charge in [0, 0.05) is 11.9 Å². The molecule has 2 aromatic carbocycles. The maximum Gasteiger partial charge on any atom is 0.243 e. The summed E-state index contributed by atoms with van der Waals surface area (Å²) in [6, 6.07) is 10.2. The molecule has 23 heavy (non-hydrogen) atoms. The van der Waals surface area contributed by atoms with Gasteiger partial charge in [-0.2, -0.15) is 0 Å². The number of sulfone groups is 1. The number of anilines is 2. The van der Waals surface area contributed by atoms with E-state index in [-0.39, 0.29) is 22.2 Å². The normalized spacial score (nSPS) is 11.1. The van der Waals surface area contributed by atoms with E-state index in [1.54, 1.807) is 6.07 Å². The van der Waals surface area contributed by atoms with Gasteiger partial charge in [0.2, 0.25) is 5.91 Å². The molecule has 0 spiro atoms. The van der Waals surface area contributed by atoms with Crippen molar-refractivity contribution in [1.29, 1.82) is 0 Å². The van der Waals surface area contributed by atoms with E-state index in [9.17, 15) is 17.6 Å². The minimum atomic E-state index is -3.28. The number of halogens is 2. The molecular weight excluding hydrogens is 343 g/mol. The first kappa shape index (κ1) is 17.2. The van der Waals surface area contributed by atoms with E-state index in [1.165, 1.54) is 36.4 Å². The minimum Gasteiger partial charge on any atom is -0.374 e. The van der Waals surface area contributed by atoms with Crippen molar-refractivity contribution in [2.75, 3.05) is 23.4 Å². The Morgan fingerprint density at radius 1 is 1.17 bits per heavy atom. The predicted molar refractivity (Wildman–Crippen MR) is 88.1 cm³/mol. The van der Waals surface area contributed by atoms with Crippen LogP contribution in [0.25, 0.3) is 0 Å². The number of carbonyl (C=O) groups excluding carboxylic acids is 1. The van der Waals surface area contributed by atoms with Gasteiger partial charge >= 0.3 is 0 Å². The molecule has 0 aliphatic carbocycles. The van der Waals surface area contributed by atoms with Crippen LogP contribution in [-0.2, 0) is 14.6 Å². The Morgan fingerprint density at radius 2 is 1.83 bits per heavy atom. The third-order valence-corrected chi connectivity index (χ3v) is 4.38. The maximum absolute atomic E-state index is 13.7. The van der Waals surface area contributed by atoms with Crippen LogP contribution >= 0.6 is 11.6 Å². The van der Waals surface area contributed by atoms with Crippen LogP contribution < -0.4 is 10.6 Å². The molecule has 0 fully saturated rings. The third kappa shape index (κ3) is 4.67. The van der Waals surface area contributed by atoms with Crippen molar-refractivity contribution >= 4 is 38.7 Å². The largest absolute Gasteiger partial charge is 0.374 e. The third-order valence-electron chi connectivity index (χ3n) is 2.96. The zero-order chi connectivity index (χ0) is 17.0. The first-order valence-electron chi connectivity index (χ1n) is 6.55. The van der Waals surface area contributed by atoms with Gasteiger partial charge in [0.1, 0.15) is 0 Å². The lowest BCUT2D eigenvalue weighted by atomic mass is 10.3. The van der Waals surface area contributed by atoms with E-state index in [4.69, 9.17) is 11.6 Å². The van der Waals surface area contributed by atoms with E-state index in [2.05, 4.69) is 10.6 Å². The summed E-state index contributed by atoms with van der Waals surface area (Å²) >= 11 is 5.65. The molecule has 2 N–H and O–H groups in total. The molecule has 1 amide bonds. The molecule has 0 unspecified atom stereocenters. The highest BCUT2D eigenvalue weighted by molar-refractivity contribution is 7.90. The Hall–Kier alpha value is -2.12. The van der Waals surface area contributed by atoms with Crippen molar-refractivity contribution < 1.29 is 17.6 Å². The quantitative estimate of drug-likeness (QED) is 0.863. The summed E-state index contributed by atoms with van der Waals surface area (Å²) in [5.74, 6) is -1.03. The fourth-order valence-electron chi connectivity index (χ4n) is 1.81. The second-order valence-corrected chi connectivity index (χ2v) is 7.22. The Kier molecular flexibility index (Phi) is 5.23. The summed E-state index contributed by atoms with van der Waals surface area (Å²) in [5, 5.41) is 5.18. The second-order valence-electron chi connectivity index (χ2n) is 4.80. The van der Waals surface area contributed by atoms with Crippen LogP contribution in [0.3, 0.4) is 0 Å². The lowest BCUT2D eigenvalue weighted by Gasteiger charge is -2.09. The number of hydrogen-bond acceptors (Lipinski definition) is 4. The molecule has 2 rings (SSSR count). The molecule has 0 heterocycles. The first-order chi connectivity index (χ1) is 10.8. The van der Waals surface area contributed by atoms with E-state index < -0.39 is 21.6 Å². The summed E-state index contributed by atoms with van der Waals surface area (Å²) in [6.45, 7) is -0.162.